The Balaban J connectivity index is 3.93. The Labute approximate surface area is 105 Å². The van der Waals surface area contributed by atoms with Crippen LogP contribution in [0.4, 0.5) is 13.2 Å². The molecule has 0 saturated carbocycles. The van der Waals surface area contributed by atoms with Crippen molar-refractivity contribution in [2.24, 2.45) is 22.7 Å². The fraction of sp³-hybridized carbons (Fsp3) is 0.909. The molecule has 0 radical (unpaired) electrons. The molecule has 0 bridgehead atoms. The van der Waals surface area contributed by atoms with Crippen LogP contribution in [0.25, 0.3) is 0 Å². The Kier molecular flexibility index (Phi) is 7.73. The van der Waals surface area contributed by atoms with E-state index in [-0.39, 0.29) is 6.54 Å². The number of nitrogens with one attached hydrogen (secondary N) is 1. The lowest BCUT2D eigenvalue weighted by Gasteiger charge is -2.19. The number of nitrogens with two attached hydrogens (primary N) is 1. The summed E-state index contributed by atoms with van der Waals surface area (Å²) in [5.74, 6) is -2.14. The molecule has 7 heteroatoms. The van der Waals surface area contributed by atoms with Crippen molar-refractivity contribution in [2.45, 2.75) is 39.3 Å². The van der Waals surface area contributed by atoms with Gasteiger partial charge in [-0.3, -0.25) is 0 Å². The fourth-order valence-corrected chi connectivity index (χ4v) is 1.51. The van der Waals surface area contributed by atoms with Crippen LogP contribution in [0.15, 0.2) is 5.16 Å². The third kappa shape index (κ3) is 7.37. The van der Waals surface area contributed by atoms with Crippen LogP contribution in [0.1, 0.15) is 33.1 Å². The second kappa shape index (κ2) is 8.18. The lowest BCUT2D eigenvalue weighted by Crippen LogP contribution is -2.43. The molecule has 18 heavy (non-hydrogen) atoms. The molecule has 0 aromatic rings. The molecule has 108 valence electrons. The summed E-state index contributed by atoms with van der Waals surface area (Å²) in [7, 11) is 0. The summed E-state index contributed by atoms with van der Waals surface area (Å²) in [5.41, 5.74) is 5.02. The Morgan fingerprint density at radius 2 is 1.94 bits per heavy atom. The van der Waals surface area contributed by atoms with Crippen LogP contribution in [0.5, 0.6) is 0 Å². The third-order valence-electron chi connectivity index (χ3n) is 2.60. The number of halogens is 3. The monoisotopic (exact) mass is 269 g/mol. The second-order valence-electron chi connectivity index (χ2n) is 4.71. The normalized spacial score (nSPS) is 15.1. The summed E-state index contributed by atoms with van der Waals surface area (Å²) in [6, 6.07) is 0. The molecule has 0 fully saturated rings. The lowest BCUT2D eigenvalue weighted by atomic mass is 10.1. The molecule has 0 spiro atoms. The number of nitrogens with zero attached hydrogens (tertiary/aromatic N) is 1. The zero-order valence-corrected chi connectivity index (χ0v) is 10.8. The largest absolute Gasteiger partial charge is 0.409 e. The number of unbranched alkanes of at least 4 members (excludes halogenated alkanes) is 1. The van der Waals surface area contributed by atoms with Gasteiger partial charge in [0, 0.05) is 6.54 Å². The first kappa shape index (κ1) is 17.0. The molecule has 0 amide bonds. The van der Waals surface area contributed by atoms with Gasteiger partial charge in [0.05, 0.1) is 0 Å². The highest BCUT2D eigenvalue weighted by molar-refractivity contribution is 5.83. The number of hydrogen-bond donors (Lipinski definition) is 3. The summed E-state index contributed by atoms with van der Waals surface area (Å²) in [6.07, 6.45) is -1.64. The second-order valence-corrected chi connectivity index (χ2v) is 4.71. The molecule has 0 aliphatic heterocycles. The van der Waals surface area contributed by atoms with Crippen LogP contribution >= 0.6 is 0 Å². The van der Waals surface area contributed by atoms with Crippen molar-refractivity contribution in [3.8, 4) is 0 Å². The van der Waals surface area contributed by atoms with E-state index >= 15 is 0 Å². The number of amidine groups is 1. The van der Waals surface area contributed by atoms with Crippen LogP contribution in [-0.4, -0.2) is 30.3 Å². The molecule has 0 aliphatic carbocycles. The van der Waals surface area contributed by atoms with Gasteiger partial charge in [0.2, 0.25) is 0 Å². The van der Waals surface area contributed by atoms with Crippen LogP contribution < -0.4 is 11.1 Å². The first-order valence-corrected chi connectivity index (χ1v) is 6.03. The van der Waals surface area contributed by atoms with Gasteiger partial charge < -0.3 is 16.3 Å². The van der Waals surface area contributed by atoms with E-state index in [9.17, 15) is 13.2 Å². The van der Waals surface area contributed by atoms with E-state index in [1.165, 1.54) is 0 Å². The maximum atomic E-state index is 12.5. The average Bonchev–Trinajstić information content (AvgIpc) is 2.25. The Morgan fingerprint density at radius 3 is 2.39 bits per heavy atom. The number of rotatable bonds is 8. The predicted octanol–water partition coefficient (Wildman–Crippen LogP) is 2.33. The van der Waals surface area contributed by atoms with Gasteiger partial charge in [-0.15, -0.1) is 0 Å². The number of oxime groups is 1. The third-order valence-corrected chi connectivity index (χ3v) is 2.60. The van der Waals surface area contributed by atoms with Crippen molar-refractivity contribution in [3.63, 3.8) is 0 Å². The molecule has 0 aromatic carbocycles. The summed E-state index contributed by atoms with van der Waals surface area (Å²) in [4.78, 5) is 0. The first-order valence-electron chi connectivity index (χ1n) is 6.03. The summed E-state index contributed by atoms with van der Waals surface area (Å²) >= 11 is 0. The molecular weight excluding hydrogens is 247 g/mol. The topological polar surface area (TPSA) is 70.6 Å². The van der Waals surface area contributed by atoms with Crippen molar-refractivity contribution in [1.82, 2.24) is 5.32 Å². The molecule has 0 heterocycles. The number of hydrogen-bond acceptors (Lipinski definition) is 3. The summed E-state index contributed by atoms with van der Waals surface area (Å²) in [6.45, 7) is 4.34. The van der Waals surface area contributed by atoms with Crippen LogP contribution in [0, 0.1) is 11.8 Å². The maximum absolute atomic E-state index is 12.5. The Hall–Kier alpha value is -0.980. The SMILES string of the molecule is CC(C)CCCCNCC(C(N)=NO)C(F)(F)F. The van der Waals surface area contributed by atoms with Crippen LogP contribution in [-0.2, 0) is 0 Å². The van der Waals surface area contributed by atoms with Gasteiger partial charge >= 0.3 is 6.18 Å². The van der Waals surface area contributed by atoms with Crippen molar-refractivity contribution in [2.75, 3.05) is 13.1 Å². The van der Waals surface area contributed by atoms with Crippen LogP contribution in [0.3, 0.4) is 0 Å². The van der Waals surface area contributed by atoms with Gasteiger partial charge in [-0.2, -0.15) is 13.2 Å². The fourth-order valence-electron chi connectivity index (χ4n) is 1.51. The van der Waals surface area contributed by atoms with Gasteiger partial charge in [0.25, 0.3) is 0 Å². The van der Waals surface area contributed by atoms with Crippen molar-refractivity contribution in [3.05, 3.63) is 0 Å². The molecule has 0 aliphatic rings. The number of alkyl halides is 3. The van der Waals surface area contributed by atoms with Crippen molar-refractivity contribution < 1.29 is 18.4 Å². The standard InChI is InChI=1S/C11H22F3N3O/c1-8(2)5-3-4-6-16-7-9(10(15)17-18)11(12,13)14/h8-9,16,18H,3-7H2,1-2H3,(H2,15,17). The van der Waals surface area contributed by atoms with E-state index in [2.05, 4.69) is 24.3 Å². The molecule has 4 N–H and O–H groups in total. The molecule has 4 nitrogen and oxygen atoms in total. The van der Waals surface area contributed by atoms with Gasteiger partial charge in [-0.05, 0) is 18.9 Å². The van der Waals surface area contributed by atoms with Crippen molar-refractivity contribution in [1.29, 1.82) is 0 Å². The predicted molar refractivity (Wildman–Crippen MR) is 64.5 cm³/mol. The highest BCUT2D eigenvalue weighted by Crippen LogP contribution is 2.25. The molecule has 1 atom stereocenters. The van der Waals surface area contributed by atoms with E-state index in [0.717, 1.165) is 19.3 Å². The van der Waals surface area contributed by atoms with Gasteiger partial charge in [0.1, 0.15) is 5.92 Å². The van der Waals surface area contributed by atoms with Crippen molar-refractivity contribution >= 4 is 5.84 Å². The minimum Gasteiger partial charge on any atom is -0.409 e. The molecular formula is C11H22F3N3O. The summed E-state index contributed by atoms with van der Waals surface area (Å²) in [5, 5.41) is 13.4. The van der Waals surface area contributed by atoms with Gasteiger partial charge in [0.15, 0.2) is 5.84 Å². The van der Waals surface area contributed by atoms with E-state index in [4.69, 9.17) is 10.9 Å². The zero-order chi connectivity index (χ0) is 14.2. The molecule has 0 saturated heterocycles. The zero-order valence-electron chi connectivity index (χ0n) is 10.8. The van der Waals surface area contributed by atoms with Crippen LogP contribution in [0.2, 0.25) is 0 Å². The summed E-state index contributed by atoms with van der Waals surface area (Å²) < 4.78 is 37.6. The average molecular weight is 269 g/mol. The lowest BCUT2D eigenvalue weighted by molar-refractivity contribution is -0.154. The van der Waals surface area contributed by atoms with E-state index in [0.29, 0.717) is 12.5 Å². The molecule has 0 rings (SSSR count). The van der Waals surface area contributed by atoms with E-state index < -0.39 is 17.9 Å². The minimum absolute atomic E-state index is 0.360. The smallest absolute Gasteiger partial charge is 0.400 e. The van der Waals surface area contributed by atoms with E-state index in [1.54, 1.807) is 0 Å². The maximum Gasteiger partial charge on any atom is 0.400 e. The quantitative estimate of drug-likeness (QED) is 0.208. The Bertz CT molecular complexity index is 254. The Morgan fingerprint density at radius 1 is 1.33 bits per heavy atom. The molecule has 1 unspecified atom stereocenters. The first-order chi connectivity index (χ1) is 8.29. The minimum atomic E-state index is -4.50. The van der Waals surface area contributed by atoms with Gasteiger partial charge in [-0.25, -0.2) is 0 Å². The molecule has 0 aromatic heterocycles. The highest BCUT2D eigenvalue weighted by atomic mass is 19.4. The van der Waals surface area contributed by atoms with E-state index in [1.807, 2.05) is 0 Å². The highest BCUT2D eigenvalue weighted by Gasteiger charge is 2.42. The van der Waals surface area contributed by atoms with Gasteiger partial charge in [-0.1, -0.05) is 31.8 Å².